The molecule has 2 aliphatic rings. The van der Waals surface area contributed by atoms with Gasteiger partial charge in [-0.1, -0.05) is 0 Å². The first-order chi connectivity index (χ1) is 17.7. The molecule has 2 aliphatic heterocycles. The first-order valence-corrected chi connectivity index (χ1v) is 12.9. The van der Waals surface area contributed by atoms with Crippen molar-refractivity contribution in [1.82, 2.24) is 19.8 Å². The predicted octanol–water partition coefficient (Wildman–Crippen LogP) is 3.02. The molecule has 0 aliphatic carbocycles. The topological polar surface area (TPSA) is 100 Å². The highest BCUT2D eigenvalue weighted by Gasteiger charge is 2.36. The average Bonchev–Trinajstić information content (AvgIpc) is 3.26. The van der Waals surface area contributed by atoms with E-state index >= 15 is 0 Å². The lowest BCUT2D eigenvalue weighted by Gasteiger charge is -2.34. The highest BCUT2D eigenvalue weighted by Crippen LogP contribution is 2.38. The molecule has 1 fully saturated rings. The predicted molar refractivity (Wildman–Crippen MR) is 142 cm³/mol. The highest BCUT2D eigenvalue weighted by atomic mass is 16.5. The minimum atomic E-state index is -0.419. The second-order valence-corrected chi connectivity index (χ2v) is 10.1. The monoisotopic (exact) mass is 510 g/mol. The van der Waals surface area contributed by atoms with Gasteiger partial charge in [0.15, 0.2) is 0 Å². The first kappa shape index (κ1) is 26.7. The molecule has 1 aromatic heterocycles. The lowest BCUT2D eigenvalue weighted by atomic mass is 10.1. The van der Waals surface area contributed by atoms with Crippen LogP contribution in [0.15, 0.2) is 18.2 Å². The number of rotatable bonds is 9. The number of benzene rings is 1. The van der Waals surface area contributed by atoms with Gasteiger partial charge >= 0.3 is 0 Å². The van der Waals surface area contributed by atoms with Crippen LogP contribution in [0.2, 0.25) is 0 Å². The van der Waals surface area contributed by atoms with Crippen molar-refractivity contribution in [3.8, 4) is 11.5 Å². The van der Waals surface area contributed by atoms with Crippen molar-refractivity contribution in [1.29, 1.82) is 0 Å². The number of ether oxygens (including phenoxy) is 2. The molecular formula is C27H38N6O4. The van der Waals surface area contributed by atoms with E-state index in [9.17, 15) is 9.59 Å². The van der Waals surface area contributed by atoms with Crippen LogP contribution in [0.5, 0.6) is 11.5 Å². The second-order valence-electron chi connectivity index (χ2n) is 10.1. The van der Waals surface area contributed by atoms with E-state index in [2.05, 4.69) is 29.0 Å². The summed E-state index contributed by atoms with van der Waals surface area (Å²) in [5.74, 6) is 2.85. The number of aldehydes is 1. The van der Waals surface area contributed by atoms with Crippen LogP contribution in [0, 0.1) is 0 Å². The van der Waals surface area contributed by atoms with Gasteiger partial charge in [-0.2, -0.15) is 4.98 Å². The molecule has 1 aromatic carbocycles. The van der Waals surface area contributed by atoms with Gasteiger partial charge in [0.25, 0.3) is 0 Å². The van der Waals surface area contributed by atoms with Gasteiger partial charge in [-0.05, 0) is 39.8 Å². The molecule has 200 valence electrons. The van der Waals surface area contributed by atoms with Crippen molar-refractivity contribution in [2.75, 3.05) is 43.5 Å². The summed E-state index contributed by atoms with van der Waals surface area (Å²) in [4.78, 5) is 39.8. The fourth-order valence-corrected chi connectivity index (χ4v) is 4.88. The van der Waals surface area contributed by atoms with E-state index in [4.69, 9.17) is 19.4 Å². The summed E-state index contributed by atoms with van der Waals surface area (Å²) in [6.45, 7) is 13.3. The summed E-state index contributed by atoms with van der Waals surface area (Å²) < 4.78 is 11.4. The summed E-state index contributed by atoms with van der Waals surface area (Å²) in [6.07, 6.45) is 1.04. The number of nitrogens with one attached hydrogen (secondary N) is 1. The lowest BCUT2D eigenvalue weighted by Crippen LogP contribution is -2.48. The van der Waals surface area contributed by atoms with Crippen molar-refractivity contribution in [3.05, 3.63) is 35.0 Å². The number of carbonyl (C=O) groups is 2. The van der Waals surface area contributed by atoms with Crippen LogP contribution < -0.4 is 19.7 Å². The molecule has 1 atom stereocenters. The Morgan fingerprint density at radius 3 is 2.49 bits per heavy atom. The molecule has 1 unspecified atom stereocenters. The standard InChI is InChI=1S/C27H38N6O4/c1-17(2)33-15-22-25(23(33)16-34)29-27(32-11-9-31(10-12-32)19(5)35)30-26(22)28-14-20-7-8-21(37-18(3)4)13-24(20)36-6/h7-8,13,16-18,23H,9-12,14-15H2,1-6H3,(H,28,29,30). The van der Waals surface area contributed by atoms with Gasteiger partial charge in [0.2, 0.25) is 11.9 Å². The summed E-state index contributed by atoms with van der Waals surface area (Å²) >= 11 is 0. The molecule has 10 heteroatoms. The number of piperazine rings is 1. The number of amides is 1. The SMILES string of the molecule is COc1cc(OC(C)C)ccc1CNc1nc(N2CCN(C(C)=O)CC2)nc2c1CN(C(C)C)C2C=O. The number of fused-ring (bicyclic) bond motifs is 1. The number of hydrogen-bond acceptors (Lipinski definition) is 9. The van der Waals surface area contributed by atoms with Crippen LogP contribution in [0.4, 0.5) is 11.8 Å². The summed E-state index contributed by atoms with van der Waals surface area (Å²) in [5, 5.41) is 3.50. The molecule has 4 rings (SSSR count). The lowest BCUT2D eigenvalue weighted by molar-refractivity contribution is -0.129. The van der Waals surface area contributed by atoms with E-state index in [1.165, 1.54) is 0 Å². The van der Waals surface area contributed by atoms with Crippen molar-refractivity contribution in [3.63, 3.8) is 0 Å². The van der Waals surface area contributed by atoms with E-state index in [0.29, 0.717) is 51.0 Å². The molecular weight excluding hydrogens is 472 g/mol. The summed E-state index contributed by atoms with van der Waals surface area (Å²) in [5.41, 5.74) is 2.65. The molecule has 1 amide bonds. The minimum absolute atomic E-state index is 0.0719. The Hall–Kier alpha value is -3.40. The van der Waals surface area contributed by atoms with E-state index in [1.807, 2.05) is 36.9 Å². The molecule has 1 saturated heterocycles. The third-order valence-electron chi connectivity index (χ3n) is 6.88. The number of hydrogen-bond donors (Lipinski definition) is 1. The zero-order chi connectivity index (χ0) is 26.7. The van der Waals surface area contributed by atoms with Gasteiger partial charge in [-0.15, -0.1) is 0 Å². The van der Waals surface area contributed by atoms with Gasteiger partial charge in [-0.25, -0.2) is 4.98 Å². The third-order valence-corrected chi connectivity index (χ3v) is 6.88. The molecule has 3 heterocycles. The van der Waals surface area contributed by atoms with Gasteiger partial charge in [0.05, 0.1) is 18.9 Å². The highest BCUT2D eigenvalue weighted by molar-refractivity contribution is 5.73. The Bertz CT molecular complexity index is 1130. The maximum atomic E-state index is 12.2. The van der Waals surface area contributed by atoms with Crippen molar-refractivity contribution >= 4 is 24.0 Å². The van der Waals surface area contributed by atoms with Crippen molar-refractivity contribution in [2.24, 2.45) is 0 Å². The number of aromatic nitrogens is 2. The Labute approximate surface area is 218 Å². The van der Waals surface area contributed by atoms with Gasteiger partial charge in [-0.3, -0.25) is 9.69 Å². The van der Waals surface area contributed by atoms with Gasteiger partial charge in [0, 0.05) is 69.4 Å². The summed E-state index contributed by atoms with van der Waals surface area (Å²) in [7, 11) is 1.65. The van der Waals surface area contributed by atoms with E-state index in [-0.39, 0.29) is 18.1 Å². The van der Waals surface area contributed by atoms with E-state index in [1.54, 1.807) is 14.0 Å². The molecule has 0 saturated carbocycles. The summed E-state index contributed by atoms with van der Waals surface area (Å²) in [6, 6.07) is 5.57. The zero-order valence-electron chi connectivity index (χ0n) is 22.7. The minimum Gasteiger partial charge on any atom is -0.496 e. The Morgan fingerprint density at radius 1 is 1.16 bits per heavy atom. The van der Waals surface area contributed by atoms with E-state index < -0.39 is 6.04 Å². The maximum absolute atomic E-state index is 12.2. The van der Waals surface area contributed by atoms with Crippen LogP contribution in [0.25, 0.3) is 0 Å². The third kappa shape index (κ3) is 5.79. The number of methoxy groups -OCH3 is 1. The normalized spacial score (nSPS) is 17.8. The zero-order valence-corrected chi connectivity index (χ0v) is 22.7. The molecule has 37 heavy (non-hydrogen) atoms. The number of anilines is 2. The Kier molecular flexibility index (Phi) is 8.16. The quantitative estimate of drug-likeness (QED) is 0.510. The molecule has 0 spiro atoms. The Balaban J connectivity index is 1.64. The van der Waals surface area contributed by atoms with Crippen LogP contribution in [0.3, 0.4) is 0 Å². The molecule has 10 nitrogen and oxygen atoms in total. The van der Waals surface area contributed by atoms with Crippen LogP contribution in [0.1, 0.15) is 57.5 Å². The molecule has 2 aromatic rings. The van der Waals surface area contributed by atoms with Crippen LogP contribution in [-0.4, -0.2) is 77.4 Å². The van der Waals surface area contributed by atoms with Gasteiger partial charge < -0.3 is 29.4 Å². The first-order valence-electron chi connectivity index (χ1n) is 12.9. The smallest absolute Gasteiger partial charge is 0.227 e. The van der Waals surface area contributed by atoms with Crippen molar-refractivity contribution in [2.45, 2.75) is 65.9 Å². The molecule has 1 N–H and O–H groups in total. The van der Waals surface area contributed by atoms with Gasteiger partial charge in [0.1, 0.15) is 29.6 Å². The van der Waals surface area contributed by atoms with E-state index in [0.717, 1.165) is 34.6 Å². The largest absolute Gasteiger partial charge is 0.496 e. The Morgan fingerprint density at radius 2 is 1.89 bits per heavy atom. The average molecular weight is 511 g/mol. The number of carbonyl (C=O) groups excluding carboxylic acids is 2. The maximum Gasteiger partial charge on any atom is 0.227 e. The van der Waals surface area contributed by atoms with Crippen LogP contribution in [-0.2, 0) is 22.7 Å². The van der Waals surface area contributed by atoms with Crippen LogP contribution >= 0.6 is 0 Å². The molecule has 0 bridgehead atoms. The fraction of sp³-hybridized carbons (Fsp3) is 0.556. The fourth-order valence-electron chi connectivity index (χ4n) is 4.88. The van der Waals surface area contributed by atoms with Crippen molar-refractivity contribution < 1.29 is 19.1 Å². The molecule has 0 radical (unpaired) electrons. The second kappa shape index (κ2) is 11.3. The number of nitrogens with zero attached hydrogens (tertiary/aromatic N) is 5.